The molecule has 2 saturated heterocycles. The molecule has 1 amide bonds. The van der Waals surface area contributed by atoms with Crippen LogP contribution in [0.15, 0.2) is 66.7 Å². The molecule has 9 nitrogen and oxygen atoms in total. The van der Waals surface area contributed by atoms with E-state index in [2.05, 4.69) is 16.0 Å². The van der Waals surface area contributed by atoms with Crippen molar-refractivity contribution in [2.75, 3.05) is 53.0 Å². The lowest BCUT2D eigenvalue weighted by molar-refractivity contribution is -0.142. The lowest BCUT2D eigenvalue weighted by Gasteiger charge is -2.42. The maximum atomic E-state index is 14.9. The number of hydrogen-bond donors (Lipinski definition) is 3. The molecule has 0 saturated carbocycles. The molecule has 0 aromatic heterocycles. The van der Waals surface area contributed by atoms with Gasteiger partial charge in [0.25, 0.3) is 5.91 Å². The summed E-state index contributed by atoms with van der Waals surface area (Å²) in [6.07, 6.45) is -4.37. The molecule has 48 heavy (non-hydrogen) atoms. The summed E-state index contributed by atoms with van der Waals surface area (Å²) in [5.74, 6) is -0.470. The van der Waals surface area contributed by atoms with E-state index >= 15 is 0 Å². The minimum absolute atomic E-state index is 0.0711. The van der Waals surface area contributed by atoms with Crippen molar-refractivity contribution in [3.63, 3.8) is 0 Å². The number of carbonyl (C=O) groups is 2. The lowest BCUT2D eigenvalue weighted by Crippen LogP contribution is -2.63. The topological polar surface area (TPSA) is 95.2 Å². The van der Waals surface area contributed by atoms with E-state index in [-0.39, 0.29) is 31.0 Å². The number of carbonyl (C=O) groups excluding carboxylic acids is 2. The third-order valence-electron chi connectivity index (χ3n) is 8.65. The predicted molar refractivity (Wildman–Crippen MR) is 177 cm³/mol. The molecule has 258 valence electrons. The van der Waals surface area contributed by atoms with Crippen LogP contribution in [0.3, 0.4) is 0 Å². The molecular formula is C34H38Cl2F3N5O4. The Labute approximate surface area is 287 Å². The van der Waals surface area contributed by atoms with Crippen LogP contribution < -0.4 is 20.7 Å². The predicted octanol–water partition coefficient (Wildman–Crippen LogP) is 5.14. The first kappa shape index (κ1) is 36.1. The monoisotopic (exact) mass is 707 g/mol. The number of alkyl halides is 3. The first-order chi connectivity index (χ1) is 23.0. The average molecular weight is 709 g/mol. The van der Waals surface area contributed by atoms with Gasteiger partial charge in [0.1, 0.15) is 11.9 Å². The molecule has 0 spiro atoms. The zero-order valence-corrected chi connectivity index (χ0v) is 28.0. The van der Waals surface area contributed by atoms with Gasteiger partial charge in [0.05, 0.1) is 30.9 Å². The summed E-state index contributed by atoms with van der Waals surface area (Å²) in [4.78, 5) is 30.4. The molecule has 2 aliphatic rings. The van der Waals surface area contributed by atoms with Gasteiger partial charge in [-0.3, -0.25) is 25.6 Å². The van der Waals surface area contributed by atoms with Gasteiger partial charge in [0.2, 0.25) is 0 Å². The number of nitrogens with zero attached hydrogens (tertiary/aromatic N) is 2. The van der Waals surface area contributed by atoms with Crippen LogP contribution in [0.1, 0.15) is 41.3 Å². The number of piperazine rings is 1. The van der Waals surface area contributed by atoms with Gasteiger partial charge in [-0.05, 0) is 54.4 Å². The largest absolute Gasteiger partial charge is 0.493 e. The number of aldehydes is 1. The smallest absolute Gasteiger partial charge is 0.416 e. The van der Waals surface area contributed by atoms with Crippen molar-refractivity contribution >= 4 is 35.4 Å². The molecule has 0 aliphatic carbocycles. The molecule has 5 rings (SSSR count). The highest BCUT2D eigenvalue weighted by Crippen LogP contribution is 2.46. The first-order valence-corrected chi connectivity index (χ1v) is 16.4. The van der Waals surface area contributed by atoms with Gasteiger partial charge in [-0.2, -0.15) is 13.2 Å². The van der Waals surface area contributed by atoms with E-state index in [1.54, 1.807) is 43.2 Å². The number of hydrogen-bond acceptors (Lipinski definition) is 8. The van der Waals surface area contributed by atoms with Gasteiger partial charge in [0.15, 0.2) is 11.9 Å². The fraction of sp³-hybridized carbons (Fsp3) is 0.412. The van der Waals surface area contributed by atoms with Gasteiger partial charge in [-0.25, -0.2) is 0 Å². The number of ether oxygens (including phenoxy) is 2. The van der Waals surface area contributed by atoms with Crippen molar-refractivity contribution < 1.29 is 32.2 Å². The molecule has 3 aromatic rings. The summed E-state index contributed by atoms with van der Waals surface area (Å²) in [6, 6.07) is 16.5. The minimum atomic E-state index is -4.63. The van der Waals surface area contributed by atoms with Crippen molar-refractivity contribution in [2.24, 2.45) is 0 Å². The Bertz CT molecular complexity index is 1500. The molecule has 0 bridgehead atoms. The summed E-state index contributed by atoms with van der Waals surface area (Å²) in [5.41, 5.74) is -0.800. The Hall–Kier alpha value is -3.23. The maximum absolute atomic E-state index is 14.9. The highest BCUT2D eigenvalue weighted by Gasteiger charge is 2.55. The van der Waals surface area contributed by atoms with Crippen LogP contribution in [0.25, 0.3) is 0 Å². The molecule has 2 fully saturated rings. The number of methoxy groups -OCH3 is 1. The third kappa shape index (κ3) is 7.81. The van der Waals surface area contributed by atoms with Crippen LogP contribution in [0.5, 0.6) is 5.75 Å². The average Bonchev–Trinajstić information content (AvgIpc) is 3.48. The van der Waals surface area contributed by atoms with E-state index in [1.165, 1.54) is 6.07 Å². The van der Waals surface area contributed by atoms with Crippen LogP contribution in [0, 0.1) is 0 Å². The van der Waals surface area contributed by atoms with Gasteiger partial charge in [-0.1, -0.05) is 53.5 Å². The van der Waals surface area contributed by atoms with E-state index in [9.17, 15) is 22.8 Å². The van der Waals surface area contributed by atoms with E-state index in [0.29, 0.717) is 36.3 Å². The second-order valence-electron chi connectivity index (χ2n) is 11.6. The van der Waals surface area contributed by atoms with Crippen LogP contribution >= 0.6 is 23.2 Å². The van der Waals surface area contributed by atoms with Crippen LogP contribution in [0.2, 0.25) is 10.0 Å². The molecule has 3 unspecified atom stereocenters. The molecule has 3 atom stereocenters. The normalized spacial score (nSPS) is 22.4. The Kier molecular flexibility index (Phi) is 11.7. The lowest BCUT2D eigenvalue weighted by atomic mass is 9.94. The SMILES string of the molecule is CCOc1cc(C(F)(F)F)ccc1C1(C(=O)N2CCN(C(C=O)NCCOC)CC2)NC(c2ccc(Cl)cc2)C(c2ccc(Cl)cc2)N1. The third-order valence-corrected chi connectivity index (χ3v) is 9.16. The van der Waals surface area contributed by atoms with Crippen molar-refractivity contribution in [3.05, 3.63) is 99.0 Å². The van der Waals surface area contributed by atoms with Crippen LogP contribution in [0.4, 0.5) is 13.2 Å². The molecule has 2 aliphatic heterocycles. The Morgan fingerprint density at radius 1 is 0.979 bits per heavy atom. The van der Waals surface area contributed by atoms with Gasteiger partial charge in [0, 0.05) is 55.4 Å². The summed E-state index contributed by atoms with van der Waals surface area (Å²) >= 11 is 12.4. The van der Waals surface area contributed by atoms with Crippen LogP contribution in [-0.4, -0.2) is 81.2 Å². The fourth-order valence-corrected chi connectivity index (χ4v) is 6.51. The van der Waals surface area contributed by atoms with Crippen LogP contribution in [-0.2, 0) is 26.2 Å². The fourth-order valence-electron chi connectivity index (χ4n) is 6.26. The summed E-state index contributed by atoms with van der Waals surface area (Å²) in [7, 11) is 1.57. The van der Waals surface area contributed by atoms with E-state index in [0.717, 1.165) is 29.5 Å². The maximum Gasteiger partial charge on any atom is 0.416 e. The zero-order chi connectivity index (χ0) is 34.5. The summed E-state index contributed by atoms with van der Waals surface area (Å²) < 4.78 is 52.6. The van der Waals surface area contributed by atoms with Crippen molar-refractivity contribution in [2.45, 2.75) is 37.0 Å². The molecule has 0 radical (unpaired) electrons. The van der Waals surface area contributed by atoms with Gasteiger partial charge in [-0.15, -0.1) is 0 Å². The van der Waals surface area contributed by atoms with Gasteiger partial charge < -0.3 is 19.2 Å². The zero-order valence-electron chi connectivity index (χ0n) is 26.5. The van der Waals surface area contributed by atoms with Gasteiger partial charge >= 0.3 is 6.18 Å². The standard InChI is InChI=1S/C34H38Cl2F3N5O4/c1-3-48-28-20-24(34(37,38)39)8-13-27(28)33(32(46)44-17-15-43(16-18-44)29(21-45)40-14-19-47-2)41-30(22-4-9-25(35)10-5-22)31(42-33)23-6-11-26(36)12-7-23/h4-13,20-21,29-31,40-42H,3,14-19H2,1-2H3. The van der Waals surface area contributed by atoms with E-state index in [1.807, 2.05) is 29.2 Å². The number of amides is 1. The van der Waals surface area contributed by atoms with Crippen molar-refractivity contribution in [1.29, 1.82) is 0 Å². The molecule has 3 aromatic carbocycles. The molecule has 2 heterocycles. The second-order valence-corrected chi connectivity index (χ2v) is 12.5. The number of halogens is 5. The summed E-state index contributed by atoms with van der Waals surface area (Å²) in [5, 5.41) is 11.2. The van der Waals surface area contributed by atoms with Crippen molar-refractivity contribution in [3.8, 4) is 5.75 Å². The minimum Gasteiger partial charge on any atom is -0.493 e. The number of benzene rings is 3. The molecule has 14 heteroatoms. The Morgan fingerprint density at radius 3 is 2.02 bits per heavy atom. The highest BCUT2D eigenvalue weighted by molar-refractivity contribution is 6.30. The van der Waals surface area contributed by atoms with Crippen molar-refractivity contribution in [1.82, 2.24) is 25.8 Å². The Balaban J connectivity index is 1.58. The molecule has 3 N–H and O–H groups in total. The summed E-state index contributed by atoms with van der Waals surface area (Å²) in [6.45, 7) is 3.95. The van der Waals surface area contributed by atoms with E-state index in [4.69, 9.17) is 32.7 Å². The second kappa shape index (κ2) is 15.5. The highest BCUT2D eigenvalue weighted by atomic mass is 35.5. The molecular weight excluding hydrogens is 670 g/mol. The number of nitrogens with one attached hydrogen (secondary N) is 3. The Morgan fingerprint density at radius 2 is 1.54 bits per heavy atom. The van der Waals surface area contributed by atoms with E-state index < -0.39 is 41.6 Å². The quantitative estimate of drug-likeness (QED) is 0.176. The first-order valence-electron chi connectivity index (χ1n) is 15.6. The number of rotatable bonds is 12.